The van der Waals surface area contributed by atoms with Crippen LogP contribution in [-0.4, -0.2) is 23.7 Å². The third-order valence-electron chi connectivity index (χ3n) is 3.13. The average Bonchev–Trinajstić information content (AvgIpc) is 2.32. The van der Waals surface area contributed by atoms with Gasteiger partial charge in [-0.3, -0.25) is 9.59 Å². The summed E-state index contributed by atoms with van der Waals surface area (Å²) < 4.78 is 5.15. The minimum atomic E-state index is -0.936. The first-order valence-electron chi connectivity index (χ1n) is 6.89. The second-order valence-corrected chi connectivity index (χ2v) is 4.92. The summed E-state index contributed by atoms with van der Waals surface area (Å²) in [7, 11) is 0. The number of hydrogen-bond donors (Lipinski definition) is 1. The molecule has 2 atom stereocenters. The summed E-state index contributed by atoms with van der Waals surface area (Å²) in [6.45, 7) is 6.55. The van der Waals surface area contributed by atoms with E-state index in [9.17, 15) is 9.59 Å². The zero-order chi connectivity index (χ0) is 14.0. The molecule has 0 radical (unpaired) electrons. The molecule has 0 aromatic carbocycles. The lowest BCUT2D eigenvalue weighted by molar-refractivity contribution is -0.153. The SMILES string of the molecule is CCCCCOC(=O)C(CC(=O)O)CC(C)CC. The summed E-state index contributed by atoms with van der Waals surface area (Å²) in [6, 6.07) is 0. The third-order valence-corrected chi connectivity index (χ3v) is 3.13. The molecule has 0 spiro atoms. The van der Waals surface area contributed by atoms with Crippen LogP contribution in [0.3, 0.4) is 0 Å². The predicted molar refractivity (Wildman–Crippen MR) is 70.3 cm³/mol. The molecule has 0 aromatic rings. The summed E-state index contributed by atoms with van der Waals surface area (Å²) >= 11 is 0. The molecule has 2 unspecified atom stereocenters. The molecule has 0 rings (SSSR count). The first-order chi connectivity index (χ1) is 8.51. The van der Waals surface area contributed by atoms with E-state index in [0.29, 0.717) is 18.9 Å². The van der Waals surface area contributed by atoms with Crippen LogP contribution in [0.5, 0.6) is 0 Å². The Morgan fingerprint density at radius 2 is 1.89 bits per heavy atom. The number of carboxylic acids is 1. The zero-order valence-electron chi connectivity index (χ0n) is 11.8. The molecule has 0 amide bonds. The minimum absolute atomic E-state index is 0.128. The number of ether oxygens (including phenoxy) is 1. The van der Waals surface area contributed by atoms with Crippen LogP contribution in [0.15, 0.2) is 0 Å². The lowest BCUT2D eigenvalue weighted by Gasteiger charge is -2.17. The van der Waals surface area contributed by atoms with Gasteiger partial charge >= 0.3 is 11.9 Å². The molecule has 0 aliphatic carbocycles. The summed E-state index contributed by atoms with van der Waals surface area (Å²) in [6.07, 6.45) is 4.36. The molecule has 0 fully saturated rings. The van der Waals surface area contributed by atoms with Crippen LogP contribution in [0.4, 0.5) is 0 Å². The van der Waals surface area contributed by atoms with Crippen molar-refractivity contribution < 1.29 is 19.4 Å². The Balaban J connectivity index is 4.18. The third kappa shape index (κ3) is 8.09. The number of unbranched alkanes of at least 4 members (excludes halogenated alkanes) is 2. The van der Waals surface area contributed by atoms with Crippen LogP contribution in [0.1, 0.15) is 59.3 Å². The van der Waals surface area contributed by atoms with Gasteiger partial charge in [0.15, 0.2) is 0 Å². The van der Waals surface area contributed by atoms with E-state index in [4.69, 9.17) is 9.84 Å². The van der Waals surface area contributed by atoms with Gasteiger partial charge in [-0.1, -0.05) is 40.0 Å². The zero-order valence-corrected chi connectivity index (χ0v) is 11.8. The van der Waals surface area contributed by atoms with Crippen LogP contribution in [0.25, 0.3) is 0 Å². The summed E-state index contributed by atoms with van der Waals surface area (Å²) in [4.78, 5) is 22.6. The first-order valence-corrected chi connectivity index (χ1v) is 6.89. The monoisotopic (exact) mass is 258 g/mol. The van der Waals surface area contributed by atoms with Crippen LogP contribution >= 0.6 is 0 Å². The maximum absolute atomic E-state index is 11.8. The van der Waals surface area contributed by atoms with Gasteiger partial charge in [-0.2, -0.15) is 0 Å². The van der Waals surface area contributed by atoms with Gasteiger partial charge < -0.3 is 9.84 Å². The highest BCUT2D eigenvalue weighted by Crippen LogP contribution is 2.20. The number of rotatable bonds is 10. The molecule has 0 heterocycles. The molecule has 0 aliphatic rings. The van der Waals surface area contributed by atoms with Crippen molar-refractivity contribution >= 4 is 11.9 Å². The van der Waals surface area contributed by atoms with Crippen molar-refractivity contribution in [2.45, 2.75) is 59.3 Å². The van der Waals surface area contributed by atoms with E-state index in [1.165, 1.54) is 0 Å². The van der Waals surface area contributed by atoms with E-state index in [1.807, 2.05) is 13.8 Å². The van der Waals surface area contributed by atoms with Gasteiger partial charge in [0.25, 0.3) is 0 Å². The van der Waals surface area contributed by atoms with Gasteiger partial charge in [-0.15, -0.1) is 0 Å². The standard InChI is InChI=1S/C14H26O4/c1-4-6-7-8-18-14(17)12(10-13(15)16)9-11(3)5-2/h11-12H,4-10H2,1-3H3,(H,15,16). The second-order valence-electron chi connectivity index (χ2n) is 4.92. The van der Waals surface area contributed by atoms with Crippen molar-refractivity contribution in [3.05, 3.63) is 0 Å². The fourth-order valence-electron chi connectivity index (χ4n) is 1.77. The number of carbonyl (C=O) groups is 2. The molecule has 4 heteroatoms. The van der Waals surface area contributed by atoms with Gasteiger partial charge in [-0.25, -0.2) is 0 Å². The number of carboxylic acid groups (broad SMARTS) is 1. The van der Waals surface area contributed by atoms with Crippen LogP contribution in [0.2, 0.25) is 0 Å². The van der Waals surface area contributed by atoms with Crippen LogP contribution < -0.4 is 0 Å². The molecular weight excluding hydrogens is 232 g/mol. The largest absolute Gasteiger partial charge is 0.481 e. The predicted octanol–water partition coefficient (Wildman–Crippen LogP) is 3.25. The van der Waals surface area contributed by atoms with Crippen molar-refractivity contribution in [3.63, 3.8) is 0 Å². The molecule has 106 valence electrons. The Labute approximate surface area is 110 Å². The minimum Gasteiger partial charge on any atom is -0.481 e. The fraction of sp³-hybridized carbons (Fsp3) is 0.857. The highest BCUT2D eigenvalue weighted by atomic mass is 16.5. The van der Waals surface area contributed by atoms with Crippen molar-refractivity contribution in [1.82, 2.24) is 0 Å². The maximum atomic E-state index is 11.8. The lowest BCUT2D eigenvalue weighted by Crippen LogP contribution is -2.23. The Kier molecular flexibility index (Phi) is 9.33. The Morgan fingerprint density at radius 3 is 2.39 bits per heavy atom. The molecule has 0 bridgehead atoms. The topological polar surface area (TPSA) is 63.6 Å². The highest BCUT2D eigenvalue weighted by Gasteiger charge is 2.24. The molecule has 18 heavy (non-hydrogen) atoms. The van der Waals surface area contributed by atoms with E-state index >= 15 is 0 Å². The highest BCUT2D eigenvalue weighted by molar-refractivity contribution is 5.79. The van der Waals surface area contributed by atoms with Gasteiger partial charge in [0.05, 0.1) is 18.9 Å². The quantitative estimate of drug-likeness (QED) is 0.482. The molecule has 0 saturated carbocycles. The van der Waals surface area contributed by atoms with E-state index in [-0.39, 0.29) is 12.4 Å². The fourth-order valence-corrected chi connectivity index (χ4v) is 1.77. The van der Waals surface area contributed by atoms with Gasteiger partial charge in [0.2, 0.25) is 0 Å². The second kappa shape index (κ2) is 9.92. The van der Waals surface area contributed by atoms with E-state index < -0.39 is 11.9 Å². The Morgan fingerprint density at radius 1 is 1.22 bits per heavy atom. The summed E-state index contributed by atoms with van der Waals surface area (Å²) in [5.74, 6) is -1.45. The molecular formula is C14H26O4. The van der Waals surface area contributed by atoms with Crippen molar-refractivity contribution in [1.29, 1.82) is 0 Å². The van der Waals surface area contributed by atoms with Crippen molar-refractivity contribution in [3.8, 4) is 0 Å². The van der Waals surface area contributed by atoms with Gasteiger partial charge in [-0.05, 0) is 18.8 Å². The number of hydrogen-bond acceptors (Lipinski definition) is 3. The van der Waals surface area contributed by atoms with E-state index in [1.54, 1.807) is 0 Å². The van der Waals surface area contributed by atoms with E-state index in [2.05, 4.69) is 6.92 Å². The lowest BCUT2D eigenvalue weighted by atomic mass is 9.91. The van der Waals surface area contributed by atoms with Crippen LogP contribution in [0, 0.1) is 11.8 Å². The molecule has 0 aromatic heterocycles. The van der Waals surface area contributed by atoms with Gasteiger partial charge in [0.1, 0.15) is 0 Å². The summed E-state index contributed by atoms with van der Waals surface area (Å²) in [5, 5.41) is 8.82. The first kappa shape index (κ1) is 16.9. The maximum Gasteiger partial charge on any atom is 0.309 e. The van der Waals surface area contributed by atoms with Crippen molar-refractivity contribution in [2.75, 3.05) is 6.61 Å². The Bertz CT molecular complexity index is 250. The molecule has 0 saturated heterocycles. The van der Waals surface area contributed by atoms with Crippen molar-refractivity contribution in [2.24, 2.45) is 11.8 Å². The molecule has 1 N–H and O–H groups in total. The van der Waals surface area contributed by atoms with Gasteiger partial charge in [0, 0.05) is 0 Å². The van der Waals surface area contributed by atoms with Crippen LogP contribution in [-0.2, 0) is 14.3 Å². The number of aliphatic carboxylic acids is 1. The summed E-state index contributed by atoms with van der Waals surface area (Å²) in [5.41, 5.74) is 0. The van der Waals surface area contributed by atoms with E-state index in [0.717, 1.165) is 25.7 Å². The Hall–Kier alpha value is -1.06. The normalized spacial score (nSPS) is 13.9. The smallest absolute Gasteiger partial charge is 0.309 e. The number of carbonyl (C=O) groups excluding carboxylic acids is 1. The molecule has 0 aliphatic heterocycles. The average molecular weight is 258 g/mol. The molecule has 4 nitrogen and oxygen atoms in total. The number of esters is 1.